The smallest absolute Gasteiger partial charge is 0.0871 e. The van der Waals surface area contributed by atoms with E-state index in [4.69, 9.17) is 15.6 Å². The summed E-state index contributed by atoms with van der Waals surface area (Å²) in [5.74, 6) is -0.182. The lowest BCUT2D eigenvalue weighted by Crippen LogP contribution is -2.72. The van der Waals surface area contributed by atoms with Crippen molar-refractivity contribution in [1.29, 1.82) is 0 Å². The SMILES string of the molecule is CC.CC.CC1OC(CO)C(C)C(C)(O)C1(C)N.O. The molecule has 0 spiro atoms. The van der Waals surface area contributed by atoms with Gasteiger partial charge in [-0.25, -0.2) is 0 Å². The fraction of sp³-hybridized carbons (Fsp3) is 1.00. The molecular weight excluding hydrogens is 246 g/mol. The maximum Gasteiger partial charge on any atom is 0.0871 e. The summed E-state index contributed by atoms with van der Waals surface area (Å²) in [7, 11) is 0. The molecule has 6 N–H and O–H groups in total. The summed E-state index contributed by atoms with van der Waals surface area (Å²) in [4.78, 5) is 0. The summed E-state index contributed by atoms with van der Waals surface area (Å²) in [6, 6.07) is 0. The molecule has 5 atom stereocenters. The van der Waals surface area contributed by atoms with E-state index in [9.17, 15) is 5.11 Å². The molecule has 0 aromatic rings. The largest absolute Gasteiger partial charge is 0.412 e. The number of hydrogen-bond donors (Lipinski definition) is 3. The van der Waals surface area contributed by atoms with Crippen LogP contribution in [0, 0.1) is 5.92 Å². The van der Waals surface area contributed by atoms with E-state index in [0.717, 1.165) is 0 Å². The second-order valence-electron chi connectivity index (χ2n) is 4.72. The Balaban J connectivity index is -0.000000467. The third-order valence-corrected chi connectivity index (χ3v) is 3.94. The van der Waals surface area contributed by atoms with Crippen LogP contribution in [0.2, 0.25) is 0 Å². The first-order chi connectivity index (χ1) is 8.25. The molecule has 1 heterocycles. The maximum absolute atomic E-state index is 10.3. The third-order valence-electron chi connectivity index (χ3n) is 3.94. The maximum atomic E-state index is 10.3. The average Bonchev–Trinajstić information content (AvgIpc) is 2.37. The van der Waals surface area contributed by atoms with E-state index in [-0.39, 0.29) is 30.2 Å². The molecule has 0 saturated carbocycles. The summed E-state index contributed by atoms with van der Waals surface area (Å²) in [5, 5.41) is 19.4. The van der Waals surface area contributed by atoms with Gasteiger partial charge in [-0.05, 0) is 20.8 Å². The van der Waals surface area contributed by atoms with Gasteiger partial charge in [0, 0.05) is 5.92 Å². The molecule has 1 rings (SSSR count). The molecule has 5 unspecified atom stereocenters. The van der Waals surface area contributed by atoms with E-state index < -0.39 is 11.1 Å². The van der Waals surface area contributed by atoms with Gasteiger partial charge in [-0.3, -0.25) is 0 Å². The van der Waals surface area contributed by atoms with Crippen molar-refractivity contribution in [2.75, 3.05) is 6.61 Å². The first-order valence-corrected chi connectivity index (χ1v) is 7.02. The fourth-order valence-corrected chi connectivity index (χ4v) is 1.99. The minimum Gasteiger partial charge on any atom is -0.412 e. The summed E-state index contributed by atoms with van der Waals surface area (Å²) < 4.78 is 5.56. The Kier molecular flexibility index (Phi) is 12.1. The highest BCUT2D eigenvalue weighted by Crippen LogP contribution is 2.39. The molecule has 120 valence electrons. The highest BCUT2D eigenvalue weighted by atomic mass is 16.5. The number of nitrogens with two attached hydrogens (primary N) is 1. The van der Waals surface area contributed by atoms with Crippen LogP contribution in [0.1, 0.15) is 55.4 Å². The molecule has 19 heavy (non-hydrogen) atoms. The first kappa shape index (κ1) is 23.9. The second kappa shape index (κ2) is 9.66. The number of ether oxygens (including phenoxy) is 1. The van der Waals surface area contributed by atoms with Gasteiger partial charge in [0.1, 0.15) is 0 Å². The minimum atomic E-state index is -1.03. The van der Waals surface area contributed by atoms with Gasteiger partial charge in [-0.1, -0.05) is 34.6 Å². The average molecular weight is 281 g/mol. The van der Waals surface area contributed by atoms with Crippen molar-refractivity contribution in [2.24, 2.45) is 11.7 Å². The van der Waals surface area contributed by atoms with Gasteiger partial charge in [0.05, 0.1) is 30.0 Å². The quantitative estimate of drug-likeness (QED) is 0.669. The van der Waals surface area contributed by atoms with Crippen molar-refractivity contribution >= 4 is 0 Å². The third kappa shape index (κ3) is 4.68. The van der Waals surface area contributed by atoms with Crippen LogP contribution in [0.25, 0.3) is 0 Å². The molecule has 0 bridgehead atoms. The monoisotopic (exact) mass is 281 g/mol. The predicted molar refractivity (Wildman–Crippen MR) is 80.1 cm³/mol. The van der Waals surface area contributed by atoms with Crippen LogP contribution in [0.5, 0.6) is 0 Å². The Morgan fingerprint density at radius 1 is 1.11 bits per heavy atom. The normalized spacial score (nSPS) is 40.9. The minimum absolute atomic E-state index is 0. The van der Waals surface area contributed by atoms with Crippen molar-refractivity contribution in [3.8, 4) is 0 Å². The van der Waals surface area contributed by atoms with Crippen molar-refractivity contribution in [2.45, 2.75) is 78.7 Å². The fourth-order valence-electron chi connectivity index (χ4n) is 1.99. The van der Waals surface area contributed by atoms with Gasteiger partial charge in [0.2, 0.25) is 0 Å². The highest BCUT2D eigenvalue weighted by Gasteiger charge is 2.54. The van der Waals surface area contributed by atoms with E-state index >= 15 is 0 Å². The van der Waals surface area contributed by atoms with E-state index in [1.165, 1.54) is 0 Å². The molecular formula is C14H35NO4. The highest BCUT2D eigenvalue weighted by molar-refractivity contribution is 5.09. The second-order valence-corrected chi connectivity index (χ2v) is 4.72. The van der Waals surface area contributed by atoms with Crippen molar-refractivity contribution < 1.29 is 20.4 Å². The van der Waals surface area contributed by atoms with Crippen LogP contribution in [-0.2, 0) is 4.74 Å². The van der Waals surface area contributed by atoms with E-state index in [2.05, 4.69) is 0 Å². The topological polar surface area (TPSA) is 107 Å². The molecule has 5 heteroatoms. The molecule has 0 radical (unpaired) electrons. The van der Waals surface area contributed by atoms with E-state index in [0.29, 0.717) is 0 Å². The Morgan fingerprint density at radius 3 is 1.79 bits per heavy atom. The summed E-state index contributed by atoms with van der Waals surface area (Å²) in [6.07, 6.45) is -0.609. The number of hydrogen-bond acceptors (Lipinski definition) is 4. The van der Waals surface area contributed by atoms with E-state index in [1.54, 1.807) is 13.8 Å². The summed E-state index contributed by atoms with van der Waals surface area (Å²) in [5.41, 5.74) is 4.23. The standard InChI is InChI=1S/C10H21NO3.2C2H6.H2O/c1-6-8(5-12)14-7(2)9(3,11)10(6,4)13;2*1-2;/h6-8,12-13H,5,11H2,1-4H3;2*1-2H3;1H2. The lowest BCUT2D eigenvalue weighted by molar-refractivity contribution is -0.221. The lowest BCUT2D eigenvalue weighted by atomic mass is 9.68. The Hall–Kier alpha value is -0.200. The van der Waals surface area contributed by atoms with Crippen LogP contribution in [0.15, 0.2) is 0 Å². The molecule has 0 amide bonds. The van der Waals surface area contributed by atoms with Gasteiger partial charge in [-0.15, -0.1) is 0 Å². The van der Waals surface area contributed by atoms with Crippen LogP contribution < -0.4 is 5.73 Å². The Bertz CT molecular complexity index is 219. The van der Waals surface area contributed by atoms with Gasteiger partial charge >= 0.3 is 0 Å². The van der Waals surface area contributed by atoms with Crippen molar-refractivity contribution in [3.05, 3.63) is 0 Å². The molecule has 1 saturated heterocycles. The van der Waals surface area contributed by atoms with Crippen LogP contribution in [-0.4, -0.2) is 45.6 Å². The zero-order valence-electron chi connectivity index (χ0n) is 13.8. The molecule has 0 aromatic carbocycles. The first-order valence-electron chi connectivity index (χ1n) is 7.02. The molecule has 0 aromatic heterocycles. The molecule has 5 nitrogen and oxygen atoms in total. The zero-order chi connectivity index (χ0) is 15.1. The number of rotatable bonds is 1. The van der Waals surface area contributed by atoms with Gasteiger partial charge in [0.25, 0.3) is 0 Å². The van der Waals surface area contributed by atoms with Gasteiger partial charge in [-0.2, -0.15) is 0 Å². The molecule has 1 fully saturated rings. The van der Waals surface area contributed by atoms with Crippen molar-refractivity contribution in [1.82, 2.24) is 0 Å². The molecule has 1 aliphatic rings. The molecule has 1 aliphatic heterocycles. The Morgan fingerprint density at radius 2 is 1.47 bits per heavy atom. The van der Waals surface area contributed by atoms with Crippen molar-refractivity contribution in [3.63, 3.8) is 0 Å². The summed E-state index contributed by atoms with van der Waals surface area (Å²) >= 11 is 0. The van der Waals surface area contributed by atoms with Gasteiger partial charge in [0.15, 0.2) is 0 Å². The van der Waals surface area contributed by atoms with E-state index in [1.807, 2.05) is 41.5 Å². The summed E-state index contributed by atoms with van der Waals surface area (Å²) in [6.45, 7) is 15.1. The zero-order valence-corrected chi connectivity index (χ0v) is 13.8. The number of aliphatic hydroxyl groups is 2. The van der Waals surface area contributed by atoms with Gasteiger partial charge < -0.3 is 26.2 Å². The Labute approximate surface area is 118 Å². The van der Waals surface area contributed by atoms with Crippen LogP contribution in [0.4, 0.5) is 0 Å². The molecule has 0 aliphatic carbocycles. The predicted octanol–water partition coefficient (Wildman–Crippen LogP) is 1.10. The van der Waals surface area contributed by atoms with Crippen LogP contribution >= 0.6 is 0 Å². The number of aliphatic hydroxyl groups excluding tert-OH is 1. The lowest BCUT2D eigenvalue weighted by Gasteiger charge is -2.54. The van der Waals surface area contributed by atoms with Crippen LogP contribution in [0.3, 0.4) is 0 Å².